The first-order valence-electron chi connectivity index (χ1n) is 44.3. The molecule has 0 aliphatic carbocycles. The summed E-state index contributed by atoms with van der Waals surface area (Å²) in [5.41, 5.74) is 8.00. The number of methoxy groups -OCH3 is 7. The van der Waals surface area contributed by atoms with Crippen molar-refractivity contribution in [1.82, 2.24) is 51.5 Å². The largest absolute Gasteiger partial charge is 1.00 e. The number of carboxylic acids is 1. The maximum atomic E-state index is 12.9. The zero-order valence-corrected chi connectivity index (χ0v) is 94.8. The fraction of sp³-hybridized carbons (Fsp3) is 0.505. The predicted molar refractivity (Wildman–Crippen MR) is 581 cm³/mol. The number of aliphatic hydroxyl groups is 1. The van der Waals surface area contributed by atoms with Crippen molar-refractivity contribution in [2.45, 2.75) is 249 Å². The molecule has 149 heavy (non-hydrogen) atoms. The first-order valence-corrected chi connectivity index (χ1v) is 47.5. The number of nitrogens with one attached hydrogen (secondary N) is 6. The molecule has 6 aromatic carbocycles. The number of hydrogen-bond donors (Lipinski definition) is 11. The second-order valence-electron chi connectivity index (χ2n) is 35.4. The molecule has 0 aliphatic rings. The number of carbonyl (C=O) groups is 15. The number of esters is 5. The minimum Gasteiger partial charge on any atom is -0.870 e. The number of ether oxygens (including phenoxy) is 11. The summed E-state index contributed by atoms with van der Waals surface area (Å²) in [4.78, 5) is 188. The molecular formula is C103H161ClI2LiN11O31. The van der Waals surface area contributed by atoms with Gasteiger partial charge in [-0.1, -0.05) is 147 Å². The van der Waals surface area contributed by atoms with Gasteiger partial charge in [-0.3, -0.25) is 48.4 Å². The van der Waals surface area contributed by atoms with E-state index in [1.165, 1.54) is 150 Å². The van der Waals surface area contributed by atoms with Crippen molar-refractivity contribution in [3.8, 4) is 23.0 Å². The molecule has 9 amide bonds. The average molecular weight is 2350 g/mol. The number of phenolic OH excluding ortho intramolecular Hbond substituents is 2. The number of amides is 9. The molecule has 13 N–H and O–H groups in total. The molecular weight excluding hydrogens is 2180 g/mol. The average Bonchev–Trinajstić information content (AvgIpc) is 0.824. The molecule has 0 heterocycles. The van der Waals surface area contributed by atoms with Crippen molar-refractivity contribution >= 4 is 147 Å². The van der Waals surface area contributed by atoms with Crippen LogP contribution in [-0.2, 0) is 102 Å². The molecule has 6 rings (SSSR count). The number of likely N-dealkylation sites (N-methyl/N-ethyl adjacent to an activating group) is 5. The van der Waals surface area contributed by atoms with E-state index in [1.54, 1.807) is 154 Å². The van der Waals surface area contributed by atoms with Crippen LogP contribution in [0.25, 0.3) is 0 Å². The van der Waals surface area contributed by atoms with E-state index < -0.39 is 167 Å². The predicted octanol–water partition coefficient (Wildman–Crippen LogP) is 10.8. The minimum absolute atomic E-state index is 0. The Balaban J connectivity index is -0.000000269. The second kappa shape index (κ2) is 74.8. The van der Waals surface area contributed by atoms with Crippen molar-refractivity contribution in [3.05, 3.63) is 188 Å². The number of carbonyl (C=O) groups excluding carboxylic acids is 14. The summed E-state index contributed by atoms with van der Waals surface area (Å²) in [6.45, 7) is 32.3. The number of nitrogens with two attached hydrogens (primary N) is 1. The number of carboxylic acid groups (broad SMARTS) is 1. The number of aliphatic carboxylic acids is 1. The fourth-order valence-corrected chi connectivity index (χ4v) is 12.6. The molecule has 0 saturated heterocycles. The Morgan fingerprint density at radius 2 is 0.658 bits per heavy atom. The summed E-state index contributed by atoms with van der Waals surface area (Å²) in [6, 6.07) is 29.0. The summed E-state index contributed by atoms with van der Waals surface area (Å²) < 4.78 is 55.3. The molecule has 0 spiro atoms. The van der Waals surface area contributed by atoms with Gasteiger partial charge in [0.25, 0.3) is 0 Å². The van der Waals surface area contributed by atoms with Crippen molar-refractivity contribution in [2.24, 2.45) is 5.73 Å². The third-order valence-corrected chi connectivity index (χ3v) is 19.8. The number of alkyl halides is 1. The molecule has 11 atom stereocenters. The maximum Gasteiger partial charge on any atom is 1.00 e. The summed E-state index contributed by atoms with van der Waals surface area (Å²) in [6.07, 6.45) is -2.45. The number of hydrogen-bond acceptors (Lipinski definition) is 32. The zero-order valence-electron chi connectivity index (χ0n) is 89.7. The van der Waals surface area contributed by atoms with E-state index in [4.69, 9.17) is 44.0 Å². The number of rotatable bonds is 30. The molecule has 0 radical (unpaired) electrons. The van der Waals surface area contributed by atoms with Crippen LogP contribution >= 0.6 is 57.6 Å². The van der Waals surface area contributed by atoms with Gasteiger partial charge in [0.2, 0.25) is 29.5 Å². The van der Waals surface area contributed by atoms with Gasteiger partial charge in [-0.05, 0) is 248 Å². The summed E-state index contributed by atoms with van der Waals surface area (Å²) in [5, 5.41) is 51.0. The maximum absolute atomic E-state index is 12.9. The van der Waals surface area contributed by atoms with Gasteiger partial charge in [0, 0.05) is 41.7 Å². The van der Waals surface area contributed by atoms with E-state index >= 15 is 0 Å². The van der Waals surface area contributed by atoms with E-state index in [9.17, 15) is 87.2 Å². The molecule has 6 aromatic rings. The van der Waals surface area contributed by atoms with Crippen LogP contribution in [0.3, 0.4) is 0 Å². The summed E-state index contributed by atoms with van der Waals surface area (Å²) in [5.74, 6) is -5.02. The Labute approximate surface area is 923 Å². The van der Waals surface area contributed by atoms with Gasteiger partial charge in [0.05, 0.1) is 53.3 Å². The van der Waals surface area contributed by atoms with Crippen molar-refractivity contribution in [1.29, 1.82) is 0 Å². The van der Waals surface area contributed by atoms with Gasteiger partial charge in [-0.2, -0.15) is 0 Å². The molecule has 0 aliphatic heterocycles. The van der Waals surface area contributed by atoms with E-state index in [1.807, 2.05) is 67.3 Å². The number of aliphatic hydroxyl groups excluding tert-OH is 1. The third kappa shape index (κ3) is 57.0. The van der Waals surface area contributed by atoms with E-state index in [0.717, 1.165) is 42.7 Å². The van der Waals surface area contributed by atoms with Crippen LogP contribution in [0.2, 0.25) is 0 Å². The Morgan fingerprint density at radius 3 is 0.926 bits per heavy atom. The molecule has 0 unspecified atom stereocenters. The normalized spacial score (nSPS) is 12.4. The molecule has 0 fully saturated rings. The Hall–Kier alpha value is -12.0. The molecule has 42 nitrogen and oxygen atoms in total. The Morgan fingerprint density at radius 1 is 0.383 bits per heavy atom. The van der Waals surface area contributed by atoms with E-state index in [-0.39, 0.29) is 82.4 Å². The van der Waals surface area contributed by atoms with Gasteiger partial charge >= 0.3 is 79.0 Å². The monoisotopic (exact) mass is 2340 g/mol. The standard InChI is InChI=1S/C24H31N3O4.C19H27IN2O6.C19H28N2O6.C18H26N2O6.C14H19NO5.C4H9NO2.CH3I.CH4O.3CH4.ClH.Li.H2O/c1-15-6-10-18(11-7-15)14-20(24(30)31-5)27-22(28)17(3)26-23(29)21(25-4)19-12-8-16(2)9-13-19;1-11(17(24)27-7)21-16(23)15(22(5)18(25)28-19(2,3)4)12-8-9-14(26-6)13(20)10-12;1-12(17(23)26-7)20-16(22)15(13-8-10-14(25-6)11-9-13)21(5)18(24)27-19(2,3)4;1-11(16(23)25-6)19-15(22)14(12-7-9-13(21)10-8-12)20(5)17(24)26-18(2,3)4;1-14(2,3)20-13(19)15(4)11(12(17)18)9-5-7-10(16)8-6-9;1-3(5)4(6)7-2;2*1-2;;;;;;/h6-13,17,20-21,25H,14H2,1-5H3,(H,26,29)(H,27,28);8-11,15H,1-7H3,(H,21,23);8-12,15H,1-7H3,(H,20,22);7-11,14,21H,1-6H3,(H,19,22);5-8,11,16H,1-4H3,(H,17,18);3H,5H2,1-2H3;1H3;2H,1H3;3*1H4;1H;;1H2/q;;;;;;;;;;;;+1;/p-1/t17-,20-,21-;11-,15-;12-,15-;11-,14-;11-;3-;;;;;;;;/m000000......../s1. The van der Waals surface area contributed by atoms with Crippen LogP contribution in [0.5, 0.6) is 23.0 Å². The SMILES string of the molecule is C.C.C.CI.CN(C(=O)OC(C)(C)C)[C@H](C(=O)O)c1ccc(O)cc1.CN[C@H](C(=O)N[C@@H](C)C(=O)N[C@@H](Cc1ccc(C)cc1)C(=O)OC)c1ccc(C)cc1.CO.COC(=O)[C@H](C)N.COC(=O)[C@H](C)NC(=O)[C@H](c1ccc(O)cc1)N(C)C(=O)OC(C)(C)C.COC(=O)[C@H](C)NC(=O)[C@H](c1ccc(OC)c(I)c1)N(C)C(=O)OC(C)(C)C.COC(=O)[C@H](C)NC(=O)[C@H](c1ccc(OC)cc1)N(C)C(=O)OC(C)(C)C.Cl.[Li+].[OH-]. The van der Waals surface area contributed by atoms with Gasteiger partial charge < -0.3 is 116 Å². The zero-order chi connectivity index (χ0) is 111. The Bertz CT molecular complexity index is 5050. The number of aryl methyl sites for hydroxylation is 2. The number of halogens is 3. The first kappa shape index (κ1) is 152. The number of benzene rings is 6. The number of nitrogens with zero attached hydrogens (tertiary/aromatic N) is 4. The first-order chi connectivity index (χ1) is 66.4. The molecule has 0 aromatic heterocycles. The van der Waals surface area contributed by atoms with Crippen LogP contribution in [0.4, 0.5) is 19.2 Å². The van der Waals surface area contributed by atoms with Gasteiger partial charge in [-0.15, -0.1) is 12.4 Å². The quantitative estimate of drug-likeness (QED) is 0.00656. The smallest absolute Gasteiger partial charge is 0.870 e. The molecule has 46 heteroatoms. The summed E-state index contributed by atoms with van der Waals surface area (Å²) >= 11 is 4.23. The van der Waals surface area contributed by atoms with E-state index in [2.05, 4.69) is 96.0 Å². The van der Waals surface area contributed by atoms with Crippen LogP contribution in [-0.4, -0.2) is 291 Å². The number of phenols is 2. The van der Waals surface area contributed by atoms with E-state index in [0.29, 0.717) is 40.2 Å². The van der Waals surface area contributed by atoms with Crippen molar-refractivity contribution in [2.75, 3.05) is 97.0 Å². The third-order valence-electron chi connectivity index (χ3n) is 19.0. The second-order valence-corrected chi connectivity index (χ2v) is 36.5. The topological polar surface area (TPSA) is 580 Å². The van der Waals surface area contributed by atoms with Crippen LogP contribution < -0.4 is 66.0 Å². The van der Waals surface area contributed by atoms with Crippen molar-refractivity contribution < 1.29 is 169 Å². The minimum atomic E-state index is -1.18. The molecule has 0 saturated carbocycles. The van der Waals surface area contributed by atoms with Crippen LogP contribution in [0.15, 0.2) is 140 Å². The van der Waals surface area contributed by atoms with Gasteiger partial charge in [0.15, 0.2) is 6.04 Å². The molecule has 0 bridgehead atoms. The fourth-order valence-electron chi connectivity index (χ4n) is 11.8. The molecule has 836 valence electrons. The van der Waals surface area contributed by atoms with Gasteiger partial charge in [-0.25, -0.2) is 43.2 Å². The van der Waals surface area contributed by atoms with Crippen LogP contribution in [0, 0.1) is 17.4 Å². The number of aromatic hydroxyl groups is 2. The van der Waals surface area contributed by atoms with Crippen molar-refractivity contribution in [3.63, 3.8) is 0 Å². The van der Waals surface area contributed by atoms with Crippen LogP contribution in [0.1, 0.15) is 215 Å². The van der Waals surface area contributed by atoms with Gasteiger partial charge in [0.1, 0.15) is 106 Å². The Kier molecular flexibility index (Phi) is 76.4. The summed E-state index contributed by atoms with van der Waals surface area (Å²) in [7, 11) is 17.8.